The van der Waals surface area contributed by atoms with Crippen LogP contribution in [0, 0.1) is 23.7 Å². The van der Waals surface area contributed by atoms with E-state index in [0.29, 0.717) is 16.1 Å². The summed E-state index contributed by atoms with van der Waals surface area (Å²) in [4.78, 5) is 37.7. The van der Waals surface area contributed by atoms with Crippen LogP contribution in [0.25, 0.3) is 21.9 Å². The summed E-state index contributed by atoms with van der Waals surface area (Å²) >= 11 is 1.26. The SMILES string of the molecule is COC(=O)c1c(-c2ccc3ccccc3c2)csc1NC(=O)[C@H]1[C@H]2CC[C@@H](C2)[C@@H]1C(=O)O. The van der Waals surface area contributed by atoms with E-state index in [1.807, 2.05) is 47.8 Å². The van der Waals surface area contributed by atoms with Crippen molar-refractivity contribution in [2.45, 2.75) is 19.3 Å². The smallest absolute Gasteiger partial charge is 0.341 e. The highest BCUT2D eigenvalue weighted by molar-refractivity contribution is 7.15. The van der Waals surface area contributed by atoms with Gasteiger partial charge in [0.05, 0.1) is 18.9 Å². The molecule has 2 N–H and O–H groups in total. The number of carbonyl (C=O) groups is 3. The molecular formula is C25H23NO5S. The van der Waals surface area contributed by atoms with Gasteiger partial charge in [-0.1, -0.05) is 36.4 Å². The van der Waals surface area contributed by atoms with Crippen molar-refractivity contribution in [3.05, 3.63) is 53.4 Å². The van der Waals surface area contributed by atoms with Gasteiger partial charge in [-0.2, -0.15) is 0 Å². The number of anilines is 1. The number of esters is 1. The fourth-order valence-electron chi connectivity index (χ4n) is 5.54. The fourth-order valence-corrected chi connectivity index (χ4v) is 6.50. The van der Waals surface area contributed by atoms with Crippen LogP contribution in [0.2, 0.25) is 0 Å². The number of rotatable bonds is 5. The number of hydrogen-bond donors (Lipinski definition) is 2. The van der Waals surface area contributed by atoms with Gasteiger partial charge in [-0.25, -0.2) is 4.79 Å². The van der Waals surface area contributed by atoms with Crippen LogP contribution in [0.15, 0.2) is 47.8 Å². The maximum atomic E-state index is 13.2. The Balaban J connectivity index is 1.49. The van der Waals surface area contributed by atoms with Crippen LogP contribution >= 0.6 is 11.3 Å². The quantitative estimate of drug-likeness (QED) is 0.533. The number of aliphatic carboxylic acids is 1. The number of hydrogen-bond acceptors (Lipinski definition) is 5. The summed E-state index contributed by atoms with van der Waals surface area (Å²) in [5, 5.41) is 16.9. The van der Waals surface area contributed by atoms with Crippen molar-refractivity contribution < 1.29 is 24.2 Å². The second kappa shape index (κ2) is 8.06. The Morgan fingerprint density at radius 2 is 1.75 bits per heavy atom. The van der Waals surface area contributed by atoms with E-state index in [-0.39, 0.29) is 17.7 Å². The molecule has 2 saturated carbocycles. The molecule has 164 valence electrons. The summed E-state index contributed by atoms with van der Waals surface area (Å²) in [5.41, 5.74) is 1.84. The number of benzene rings is 2. The zero-order chi connectivity index (χ0) is 22.4. The molecule has 1 aromatic heterocycles. The van der Waals surface area contributed by atoms with Crippen molar-refractivity contribution >= 4 is 45.0 Å². The molecule has 0 aliphatic heterocycles. The van der Waals surface area contributed by atoms with Gasteiger partial charge in [0.2, 0.25) is 5.91 Å². The van der Waals surface area contributed by atoms with Crippen LogP contribution in [0.5, 0.6) is 0 Å². The Hall–Kier alpha value is -3.19. The molecule has 2 fully saturated rings. The Kier molecular flexibility index (Phi) is 5.21. The molecule has 32 heavy (non-hydrogen) atoms. The minimum atomic E-state index is -0.909. The lowest BCUT2D eigenvalue weighted by Gasteiger charge is -2.26. The monoisotopic (exact) mass is 449 g/mol. The summed E-state index contributed by atoms with van der Waals surface area (Å²) in [5.74, 6) is -2.84. The van der Waals surface area contributed by atoms with Gasteiger partial charge in [0, 0.05) is 10.9 Å². The van der Waals surface area contributed by atoms with Crippen molar-refractivity contribution in [1.29, 1.82) is 0 Å². The van der Waals surface area contributed by atoms with Crippen LogP contribution in [0.1, 0.15) is 29.6 Å². The second-order valence-corrected chi connectivity index (χ2v) is 9.50. The minimum absolute atomic E-state index is 0.0600. The van der Waals surface area contributed by atoms with Crippen LogP contribution in [-0.4, -0.2) is 30.1 Å². The Bertz CT molecular complexity index is 1230. The lowest BCUT2D eigenvalue weighted by atomic mass is 9.78. The van der Waals surface area contributed by atoms with E-state index in [2.05, 4.69) is 5.32 Å². The maximum Gasteiger partial charge on any atom is 0.341 e. The summed E-state index contributed by atoms with van der Waals surface area (Å²) in [6.07, 6.45) is 2.53. The maximum absolute atomic E-state index is 13.2. The molecule has 5 rings (SSSR count). The molecule has 2 aliphatic carbocycles. The molecule has 7 heteroatoms. The van der Waals surface area contributed by atoms with Crippen LogP contribution in [0.4, 0.5) is 5.00 Å². The fraction of sp³-hybridized carbons (Fsp3) is 0.320. The largest absolute Gasteiger partial charge is 0.481 e. The molecule has 0 unspecified atom stereocenters. The van der Waals surface area contributed by atoms with E-state index in [4.69, 9.17) is 4.74 Å². The zero-order valence-electron chi connectivity index (χ0n) is 17.5. The number of methoxy groups -OCH3 is 1. The van der Waals surface area contributed by atoms with Gasteiger partial charge in [-0.05, 0) is 53.5 Å². The Labute approximate surface area is 189 Å². The number of ether oxygens (including phenoxy) is 1. The molecular weight excluding hydrogens is 426 g/mol. The van der Waals surface area contributed by atoms with Gasteiger partial charge in [-0.15, -0.1) is 11.3 Å². The minimum Gasteiger partial charge on any atom is -0.481 e. The third-order valence-electron chi connectivity index (χ3n) is 6.98. The first-order valence-corrected chi connectivity index (χ1v) is 11.6. The zero-order valence-corrected chi connectivity index (χ0v) is 18.4. The second-order valence-electron chi connectivity index (χ2n) is 8.62. The van der Waals surface area contributed by atoms with Crippen molar-refractivity contribution in [3.63, 3.8) is 0 Å². The molecule has 2 aliphatic rings. The van der Waals surface area contributed by atoms with Crippen molar-refractivity contribution in [3.8, 4) is 11.1 Å². The number of amides is 1. The van der Waals surface area contributed by atoms with E-state index >= 15 is 0 Å². The standard InChI is InChI=1S/C25H23NO5S/c1-31-25(30)21-18(15-7-6-13-4-2-3-5-14(13)10-15)12-32-23(21)26-22(27)19-16-8-9-17(11-16)20(19)24(28)29/h2-7,10,12,16-17,19-20H,8-9,11H2,1H3,(H,26,27)(H,28,29)/t16-,17-,19-,20-/m0/s1. The van der Waals surface area contributed by atoms with Crippen molar-refractivity contribution in [1.82, 2.24) is 0 Å². The third-order valence-corrected chi connectivity index (χ3v) is 7.88. The van der Waals surface area contributed by atoms with Crippen LogP contribution in [0.3, 0.4) is 0 Å². The molecule has 2 bridgehead atoms. The number of carboxylic acid groups (broad SMARTS) is 1. The Morgan fingerprint density at radius 3 is 2.47 bits per heavy atom. The molecule has 2 aromatic carbocycles. The molecule has 6 nitrogen and oxygen atoms in total. The van der Waals surface area contributed by atoms with Gasteiger partial charge >= 0.3 is 11.9 Å². The highest BCUT2D eigenvalue weighted by Gasteiger charge is 2.54. The number of carbonyl (C=O) groups excluding carboxylic acids is 2. The summed E-state index contributed by atoms with van der Waals surface area (Å²) in [6.45, 7) is 0. The van der Waals surface area contributed by atoms with Crippen molar-refractivity contribution in [2.24, 2.45) is 23.7 Å². The lowest BCUT2D eigenvalue weighted by Crippen LogP contribution is -2.37. The van der Waals surface area contributed by atoms with Crippen LogP contribution in [-0.2, 0) is 14.3 Å². The molecule has 0 radical (unpaired) electrons. The summed E-state index contributed by atoms with van der Waals surface area (Å²) < 4.78 is 5.02. The molecule has 4 atom stereocenters. The average Bonchev–Trinajstić information content (AvgIpc) is 3.52. The normalized spacial score (nSPS) is 23.9. The summed E-state index contributed by atoms with van der Waals surface area (Å²) in [6, 6.07) is 13.9. The predicted molar refractivity (Wildman–Crippen MR) is 123 cm³/mol. The third kappa shape index (κ3) is 3.37. The highest BCUT2D eigenvalue weighted by atomic mass is 32.1. The van der Waals surface area contributed by atoms with E-state index in [1.165, 1.54) is 18.4 Å². The van der Waals surface area contributed by atoms with E-state index in [9.17, 15) is 19.5 Å². The molecule has 3 aromatic rings. The van der Waals surface area contributed by atoms with Crippen LogP contribution < -0.4 is 5.32 Å². The number of fused-ring (bicyclic) bond motifs is 3. The first-order chi connectivity index (χ1) is 15.5. The molecule has 1 amide bonds. The first-order valence-electron chi connectivity index (χ1n) is 10.7. The number of thiophene rings is 1. The van der Waals surface area contributed by atoms with E-state index in [0.717, 1.165) is 35.6 Å². The molecule has 1 heterocycles. The topological polar surface area (TPSA) is 92.7 Å². The van der Waals surface area contributed by atoms with Crippen molar-refractivity contribution in [2.75, 3.05) is 12.4 Å². The predicted octanol–water partition coefficient (Wildman–Crippen LogP) is 5.04. The van der Waals surface area contributed by atoms with Gasteiger partial charge in [0.15, 0.2) is 0 Å². The Morgan fingerprint density at radius 1 is 1.03 bits per heavy atom. The first kappa shape index (κ1) is 20.7. The van der Waals surface area contributed by atoms with Gasteiger partial charge in [-0.3, -0.25) is 9.59 Å². The van der Waals surface area contributed by atoms with Gasteiger partial charge in [0.1, 0.15) is 10.6 Å². The highest BCUT2D eigenvalue weighted by Crippen LogP contribution is 2.53. The van der Waals surface area contributed by atoms with E-state index in [1.54, 1.807) is 0 Å². The average molecular weight is 450 g/mol. The molecule has 0 spiro atoms. The van der Waals surface area contributed by atoms with E-state index < -0.39 is 23.8 Å². The summed E-state index contributed by atoms with van der Waals surface area (Å²) in [7, 11) is 1.31. The lowest BCUT2D eigenvalue weighted by molar-refractivity contribution is -0.148. The molecule has 0 saturated heterocycles. The van der Waals surface area contributed by atoms with Gasteiger partial charge in [0.25, 0.3) is 0 Å². The number of carboxylic acids is 1. The van der Waals surface area contributed by atoms with Gasteiger partial charge < -0.3 is 15.2 Å². The number of nitrogens with one attached hydrogen (secondary N) is 1.